The monoisotopic (exact) mass is 233 g/mol. The first kappa shape index (κ1) is 14.2. The lowest BCUT2D eigenvalue weighted by Gasteiger charge is -2.32. The van der Waals surface area contributed by atoms with Gasteiger partial charge in [-0.15, -0.1) is 0 Å². The molecule has 1 rings (SSSR count). The second-order valence-corrected chi connectivity index (χ2v) is 5.26. The summed E-state index contributed by atoms with van der Waals surface area (Å²) in [5.74, 6) is 0.767. The van der Waals surface area contributed by atoms with Crippen LogP contribution in [-0.2, 0) is 6.42 Å². The van der Waals surface area contributed by atoms with Gasteiger partial charge in [0.1, 0.15) is 0 Å². The molecule has 96 valence electrons. The van der Waals surface area contributed by atoms with Gasteiger partial charge in [-0.3, -0.25) is 0 Å². The van der Waals surface area contributed by atoms with Gasteiger partial charge in [-0.2, -0.15) is 0 Å². The van der Waals surface area contributed by atoms with Crippen molar-refractivity contribution in [3.05, 3.63) is 35.9 Å². The minimum Gasteiger partial charge on any atom is -0.325 e. The van der Waals surface area contributed by atoms with E-state index in [1.807, 2.05) is 0 Å². The third-order valence-corrected chi connectivity index (χ3v) is 3.95. The van der Waals surface area contributed by atoms with Gasteiger partial charge in [-0.05, 0) is 30.7 Å². The van der Waals surface area contributed by atoms with Gasteiger partial charge in [-0.1, -0.05) is 63.9 Å². The van der Waals surface area contributed by atoms with Crippen LogP contribution in [0.4, 0.5) is 0 Å². The van der Waals surface area contributed by atoms with Gasteiger partial charge in [0.2, 0.25) is 0 Å². The highest BCUT2D eigenvalue weighted by Gasteiger charge is 2.25. The normalized spacial score (nSPS) is 14.9. The van der Waals surface area contributed by atoms with Crippen molar-refractivity contribution in [2.45, 2.75) is 58.4 Å². The van der Waals surface area contributed by atoms with E-state index in [1.54, 1.807) is 0 Å². The molecule has 1 nitrogen and oxygen atoms in total. The van der Waals surface area contributed by atoms with E-state index in [-0.39, 0.29) is 5.54 Å². The summed E-state index contributed by atoms with van der Waals surface area (Å²) in [7, 11) is 0. The zero-order valence-electron chi connectivity index (χ0n) is 11.6. The van der Waals surface area contributed by atoms with E-state index in [0.717, 1.165) is 25.2 Å². The van der Waals surface area contributed by atoms with Crippen molar-refractivity contribution in [2.24, 2.45) is 11.7 Å². The third-order valence-electron chi connectivity index (χ3n) is 3.95. The summed E-state index contributed by atoms with van der Waals surface area (Å²) in [6.07, 6.45) is 5.68. The molecule has 0 heterocycles. The lowest BCUT2D eigenvalue weighted by molar-refractivity contribution is 0.292. The van der Waals surface area contributed by atoms with Crippen LogP contribution >= 0.6 is 0 Å². The van der Waals surface area contributed by atoms with Gasteiger partial charge in [0.15, 0.2) is 0 Å². The molecule has 0 fully saturated rings. The number of benzene rings is 1. The highest BCUT2D eigenvalue weighted by atomic mass is 14.7. The summed E-state index contributed by atoms with van der Waals surface area (Å²) in [6, 6.07) is 10.6. The van der Waals surface area contributed by atoms with Crippen molar-refractivity contribution in [1.82, 2.24) is 0 Å². The summed E-state index contributed by atoms with van der Waals surface area (Å²) in [4.78, 5) is 0. The molecule has 0 amide bonds. The molecule has 0 aromatic heterocycles. The lowest BCUT2D eigenvalue weighted by Crippen LogP contribution is -2.43. The summed E-state index contributed by atoms with van der Waals surface area (Å²) in [5, 5.41) is 0. The summed E-state index contributed by atoms with van der Waals surface area (Å²) >= 11 is 0. The van der Waals surface area contributed by atoms with Crippen LogP contribution < -0.4 is 5.73 Å². The molecule has 17 heavy (non-hydrogen) atoms. The third kappa shape index (κ3) is 4.51. The van der Waals surface area contributed by atoms with Crippen molar-refractivity contribution < 1.29 is 0 Å². The van der Waals surface area contributed by atoms with Crippen molar-refractivity contribution in [3.8, 4) is 0 Å². The van der Waals surface area contributed by atoms with E-state index in [1.165, 1.54) is 18.4 Å². The molecule has 0 bridgehead atoms. The smallest absolute Gasteiger partial charge is 0.0195 e. The summed E-state index contributed by atoms with van der Waals surface area (Å²) in [5.41, 5.74) is 7.92. The van der Waals surface area contributed by atoms with Crippen LogP contribution in [-0.4, -0.2) is 5.54 Å². The van der Waals surface area contributed by atoms with Crippen molar-refractivity contribution in [2.75, 3.05) is 0 Å². The van der Waals surface area contributed by atoms with E-state index in [4.69, 9.17) is 5.73 Å². The standard InChI is InChI=1S/C16H27N/c1-4-14(5-2)12-16(17,6-3)13-15-10-8-7-9-11-15/h7-11,14H,4-6,12-13,17H2,1-3H3. The topological polar surface area (TPSA) is 26.0 Å². The molecule has 0 saturated heterocycles. The van der Waals surface area contributed by atoms with Gasteiger partial charge in [-0.25, -0.2) is 0 Å². The molecule has 0 saturated carbocycles. The molecular formula is C16H27N. The molecule has 1 unspecified atom stereocenters. The van der Waals surface area contributed by atoms with Gasteiger partial charge in [0.05, 0.1) is 0 Å². The highest BCUT2D eigenvalue weighted by Crippen LogP contribution is 2.26. The quantitative estimate of drug-likeness (QED) is 0.752. The van der Waals surface area contributed by atoms with Crippen LogP contribution in [0.5, 0.6) is 0 Å². The predicted molar refractivity (Wildman–Crippen MR) is 76.0 cm³/mol. The van der Waals surface area contributed by atoms with Gasteiger partial charge < -0.3 is 5.73 Å². The Hall–Kier alpha value is -0.820. The van der Waals surface area contributed by atoms with E-state index in [9.17, 15) is 0 Å². The minimum absolute atomic E-state index is 0.0297. The van der Waals surface area contributed by atoms with Gasteiger partial charge in [0, 0.05) is 5.54 Å². The van der Waals surface area contributed by atoms with E-state index < -0.39 is 0 Å². The fraction of sp³-hybridized carbons (Fsp3) is 0.625. The number of nitrogens with two attached hydrogens (primary N) is 1. The number of hydrogen-bond donors (Lipinski definition) is 1. The van der Waals surface area contributed by atoms with Crippen LogP contribution in [0.2, 0.25) is 0 Å². The minimum atomic E-state index is -0.0297. The molecule has 0 aliphatic carbocycles. The second kappa shape index (κ2) is 6.80. The average molecular weight is 233 g/mol. The zero-order chi connectivity index (χ0) is 12.7. The maximum Gasteiger partial charge on any atom is 0.0195 e. The maximum absolute atomic E-state index is 6.58. The van der Waals surface area contributed by atoms with Crippen LogP contribution in [0, 0.1) is 5.92 Å². The van der Waals surface area contributed by atoms with E-state index in [0.29, 0.717) is 0 Å². The fourth-order valence-corrected chi connectivity index (χ4v) is 2.50. The molecule has 0 aliphatic heterocycles. The Labute approximate surface area is 106 Å². The molecule has 1 aromatic carbocycles. The Kier molecular flexibility index (Phi) is 5.70. The SMILES string of the molecule is CCC(CC)CC(N)(CC)Cc1ccccc1. The Morgan fingerprint density at radius 3 is 2.12 bits per heavy atom. The molecule has 2 N–H and O–H groups in total. The Morgan fingerprint density at radius 2 is 1.65 bits per heavy atom. The fourth-order valence-electron chi connectivity index (χ4n) is 2.50. The molecule has 1 atom stereocenters. The largest absolute Gasteiger partial charge is 0.325 e. The Balaban J connectivity index is 2.68. The molecule has 1 aromatic rings. The predicted octanol–water partition coefficient (Wildman–Crippen LogP) is 4.16. The van der Waals surface area contributed by atoms with Crippen LogP contribution in [0.1, 0.15) is 52.0 Å². The van der Waals surface area contributed by atoms with Gasteiger partial charge in [0.25, 0.3) is 0 Å². The first-order valence-corrected chi connectivity index (χ1v) is 6.96. The first-order chi connectivity index (χ1) is 8.13. The Morgan fingerprint density at radius 1 is 1.06 bits per heavy atom. The molecular weight excluding hydrogens is 206 g/mol. The second-order valence-electron chi connectivity index (χ2n) is 5.26. The van der Waals surface area contributed by atoms with Crippen molar-refractivity contribution in [1.29, 1.82) is 0 Å². The number of rotatable bonds is 7. The van der Waals surface area contributed by atoms with Crippen LogP contribution in [0.15, 0.2) is 30.3 Å². The maximum atomic E-state index is 6.58. The van der Waals surface area contributed by atoms with Crippen LogP contribution in [0.25, 0.3) is 0 Å². The molecule has 1 heteroatoms. The zero-order valence-corrected chi connectivity index (χ0v) is 11.6. The summed E-state index contributed by atoms with van der Waals surface area (Å²) < 4.78 is 0. The summed E-state index contributed by atoms with van der Waals surface area (Å²) in [6.45, 7) is 6.75. The van der Waals surface area contributed by atoms with Crippen molar-refractivity contribution in [3.63, 3.8) is 0 Å². The molecule has 0 aliphatic rings. The van der Waals surface area contributed by atoms with E-state index >= 15 is 0 Å². The van der Waals surface area contributed by atoms with Crippen molar-refractivity contribution >= 4 is 0 Å². The average Bonchev–Trinajstić information content (AvgIpc) is 2.37. The highest BCUT2D eigenvalue weighted by molar-refractivity contribution is 5.17. The lowest BCUT2D eigenvalue weighted by atomic mass is 9.79. The number of hydrogen-bond acceptors (Lipinski definition) is 1. The molecule has 0 radical (unpaired) electrons. The van der Waals surface area contributed by atoms with Gasteiger partial charge >= 0.3 is 0 Å². The van der Waals surface area contributed by atoms with E-state index in [2.05, 4.69) is 51.1 Å². The van der Waals surface area contributed by atoms with Crippen LogP contribution in [0.3, 0.4) is 0 Å². The Bertz CT molecular complexity index is 303. The molecule has 0 spiro atoms. The first-order valence-electron chi connectivity index (χ1n) is 6.96.